The number of nitrogens with zero attached hydrogens (tertiary/aromatic N) is 4. The molecule has 0 amide bonds. The number of aromatic nitrogens is 1. The number of benzene rings is 7. The van der Waals surface area contributed by atoms with Crippen LogP contribution in [0.1, 0.15) is 29.3 Å². The Morgan fingerprint density at radius 3 is 1.95 bits per heavy atom. The summed E-state index contributed by atoms with van der Waals surface area (Å²) in [5.41, 5.74) is 13.4. The second-order valence-corrected chi connectivity index (χ2v) is 14.2. The van der Waals surface area contributed by atoms with Crippen molar-refractivity contribution in [2.45, 2.75) is 13.5 Å². The second kappa shape index (κ2) is 16.8. The molecule has 0 atom stereocenters. The van der Waals surface area contributed by atoms with E-state index in [0.29, 0.717) is 18.2 Å². The van der Waals surface area contributed by atoms with Crippen LogP contribution in [0.2, 0.25) is 0 Å². The van der Waals surface area contributed by atoms with Gasteiger partial charge in [-0.3, -0.25) is 4.99 Å². The van der Waals surface area contributed by atoms with Crippen LogP contribution in [0.4, 0.5) is 0 Å². The molecule has 9 aromatic rings. The summed E-state index contributed by atoms with van der Waals surface area (Å²) in [4.78, 5) is 20.2. The highest BCUT2D eigenvalue weighted by molar-refractivity contribution is 6.15. The van der Waals surface area contributed by atoms with Crippen molar-refractivity contribution in [3.05, 3.63) is 217 Å². The highest BCUT2D eigenvalue weighted by atomic mass is 16.3. The lowest BCUT2D eigenvalue weighted by atomic mass is 9.90. The van der Waals surface area contributed by atoms with E-state index in [9.17, 15) is 0 Å². The van der Waals surface area contributed by atoms with Gasteiger partial charge in [-0.1, -0.05) is 158 Å². The Kier molecular flexibility index (Phi) is 10.5. The van der Waals surface area contributed by atoms with Gasteiger partial charge in [-0.05, 0) is 89.5 Å². The van der Waals surface area contributed by atoms with Crippen molar-refractivity contribution >= 4 is 46.4 Å². The standard InChI is InChI=1S/C54H40N4O/c1-3-19-47-51(39-24-12-6-13-25-39)46(38-22-10-5-11-23-38)35-48(57-47)42-32-41(44-29-18-31-50-52(44)45-28-16-17-30-49(45)59-50)33-43(34-42)54(56-36-37-20-8-4-9-21-37)58-53(55-2)40-26-14-7-15-27-40/h3-35H,2,36H2,1H3/b19-3-,56-54?,58-53?. The number of hydrogen-bond donors (Lipinski definition) is 0. The molecule has 7 aromatic carbocycles. The molecule has 5 nitrogen and oxygen atoms in total. The van der Waals surface area contributed by atoms with Crippen molar-refractivity contribution < 1.29 is 4.42 Å². The summed E-state index contributed by atoms with van der Waals surface area (Å²) in [5, 5.41) is 2.09. The molecule has 0 saturated heterocycles. The van der Waals surface area contributed by atoms with Crippen molar-refractivity contribution in [1.29, 1.82) is 0 Å². The van der Waals surface area contributed by atoms with Gasteiger partial charge in [0.1, 0.15) is 11.2 Å². The molecule has 0 aliphatic rings. The largest absolute Gasteiger partial charge is 0.456 e. The van der Waals surface area contributed by atoms with Gasteiger partial charge in [-0.25, -0.2) is 15.0 Å². The lowest BCUT2D eigenvalue weighted by Crippen LogP contribution is -2.06. The number of para-hydroxylation sites is 1. The summed E-state index contributed by atoms with van der Waals surface area (Å²) < 4.78 is 6.39. The van der Waals surface area contributed by atoms with Crippen LogP contribution in [0.3, 0.4) is 0 Å². The smallest absolute Gasteiger partial charge is 0.161 e. The number of furan rings is 1. The number of fused-ring (bicyclic) bond motifs is 3. The van der Waals surface area contributed by atoms with E-state index in [0.717, 1.165) is 89.0 Å². The van der Waals surface area contributed by atoms with Gasteiger partial charge >= 0.3 is 0 Å². The van der Waals surface area contributed by atoms with Gasteiger partial charge in [0.2, 0.25) is 0 Å². The summed E-state index contributed by atoms with van der Waals surface area (Å²) in [6.07, 6.45) is 4.15. The molecule has 0 N–H and O–H groups in total. The summed E-state index contributed by atoms with van der Waals surface area (Å²) in [5.74, 6) is 1.02. The van der Waals surface area contributed by atoms with E-state index in [1.165, 1.54) is 0 Å². The lowest BCUT2D eigenvalue weighted by molar-refractivity contribution is 0.669. The van der Waals surface area contributed by atoms with Crippen LogP contribution in [-0.4, -0.2) is 23.4 Å². The first kappa shape index (κ1) is 36.9. The van der Waals surface area contributed by atoms with E-state index in [1.807, 2.05) is 79.7 Å². The fourth-order valence-electron chi connectivity index (χ4n) is 7.64. The minimum atomic E-state index is 0.425. The van der Waals surface area contributed by atoms with Crippen LogP contribution in [0.25, 0.3) is 72.7 Å². The van der Waals surface area contributed by atoms with Gasteiger partial charge in [0, 0.05) is 33.0 Å². The molecule has 0 saturated carbocycles. The molecule has 0 unspecified atom stereocenters. The molecule has 0 spiro atoms. The summed E-state index contributed by atoms with van der Waals surface area (Å²) >= 11 is 0. The molecule has 2 heterocycles. The number of rotatable bonds is 9. The van der Waals surface area contributed by atoms with Crippen molar-refractivity contribution in [3.8, 4) is 44.6 Å². The summed E-state index contributed by atoms with van der Waals surface area (Å²) in [6.45, 7) is 6.38. The minimum absolute atomic E-state index is 0.425. The molecule has 0 bridgehead atoms. The van der Waals surface area contributed by atoms with Crippen LogP contribution >= 0.6 is 0 Å². The number of hydrogen-bond acceptors (Lipinski definition) is 3. The van der Waals surface area contributed by atoms with Gasteiger partial charge in [-0.15, -0.1) is 0 Å². The minimum Gasteiger partial charge on any atom is -0.456 e. The molecule has 0 aliphatic heterocycles. The highest BCUT2D eigenvalue weighted by Gasteiger charge is 2.20. The Balaban J connectivity index is 1.34. The van der Waals surface area contributed by atoms with E-state index >= 15 is 0 Å². The molecule has 2 aromatic heterocycles. The van der Waals surface area contributed by atoms with Crippen molar-refractivity contribution in [3.63, 3.8) is 0 Å². The van der Waals surface area contributed by atoms with Crippen LogP contribution in [-0.2, 0) is 6.54 Å². The first-order chi connectivity index (χ1) is 29.2. The third-order valence-electron chi connectivity index (χ3n) is 10.4. The van der Waals surface area contributed by atoms with Gasteiger partial charge in [-0.2, -0.15) is 0 Å². The van der Waals surface area contributed by atoms with Crippen LogP contribution in [0.15, 0.2) is 214 Å². The predicted octanol–water partition coefficient (Wildman–Crippen LogP) is 13.8. The molecular formula is C54H40N4O. The maximum absolute atomic E-state index is 6.39. The molecular weight excluding hydrogens is 721 g/mol. The molecule has 0 fully saturated rings. The molecule has 5 heteroatoms. The van der Waals surface area contributed by atoms with E-state index in [2.05, 4.69) is 139 Å². The monoisotopic (exact) mass is 760 g/mol. The van der Waals surface area contributed by atoms with E-state index in [1.54, 1.807) is 0 Å². The van der Waals surface area contributed by atoms with Gasteiger partial charge in [0.05, 0.1) is 17.9 Å². The molecule has 59 heavy (non-hydrogen) atoms. The fourth-order valence-corrected chi connectivity index (χ4v) is 7.64. The molecule has 9 rings (SSSR count). The molecule has 0 aliphatic carbocycles. The quantitative estimate of drug-likeness (QED) is 0.109. The van der Waals surface area contributed by atoms with E-state index < -0.39 is 0 Å². The molecule has 0 radical (unpaired) electrons. The number of allylic oxidation sites excluding steroid dienone is 1. The predicted molar refractivity (Wildman–Crippen MR) is 247 cm³/mol. The number of amidine groups is 2. The first-order valence-corrected chi connectivity index (χ1v) is 19.7. The van der Waals surface area contributed by atoms with Gasteiger partial charge < -0.3 is 4.42 Å². The van der Waals surface area contributed by atoms with E-state index in [4.69, 9.17) is 19.4 Å². The maximum Gasteiger partial charge on any atom is 0.161 e. The van der Waals surface area contributed by atoms with Crippen molar-refractivity contribution in [2.24, 2.45) is 15.0 Å². The summed E-state index contributed by atoms with van der Waals surface area (Å²) in [6, 6.07) is 64.3. The number of pyridine rings is 1. The van der Waals surface area contributed by atoms with Gasteiger partial charge in [0.15, 0.2) is 11.7 Å². The summed E-state index contributed by atoms with van der Waals surface area (Å²) in [7, 11) is 0. The highest BCUT2D eigenvalue weighted by Crippen LogP contribution is 2.41. The molecule has 282 valence electrons. The number of aliphatic imine (C=N–C) groups is 3. The third-order valence-corrected chi connectivity index (χ3v) is 10.4. The lowest BCUT2D eigenvalue weighted by Gasteiger charge is -2.17. The average molecular weight is 761 g/mol. The normalized spacial score (nSPS) is 12.1. The topological polar surface area (TPSA) is 63.1 Å². The van der Waals surface area contributed by atoms with Crippen LogP contribution in [0, 0.1) is 0 Å². The second-order valence-electron chi connectivity index (χ2n) is 14.2. The first-order valence-electron chi connectivity index (χ1n) is 19.7. The Bertz CT molecular complexity index is 3020. The van der Waals surface area contributed by atoms with E-state index in [-0.39, 0.29) is 0 Å². The van der Waals surface area contributed by atoms with Crippen LogP contribution < -0.4 is 0 Å². The zero-order valence-corrected chi connectivity index (χ0v) is 32.7. The zero-order valence-electron chi connectivity index (χ0n) is 32.7. The van der Waals surface area contributed by atoms with Gasteiger partial charge in [0.25, 0.3) is 0 Å². The fraction of sp³-hybridized carbons (Fsp3) is 0.0370. The van der Waals surface area contributed by atoms with Crippen LogP contribution in [0.5, 0.6) is 0 Å². The zero-order chi connectivity index (χ0) is 40.0. The SMILES string of the molecule is C=NC(=NC(=NCc1ccccc1)c1cc(-c2cc(-c3ccccc3)c(-c3ccccc3)c(/C=C\C)n2)cc(-c2cccc3oc4ccccc4c23)c1)c1ccccc1. The van der Waals surface area contributed by atoms with Crippen molar-refractivity contribution in [2.75, 3.05) is 0 Å². The Morgan fingerprint density at radius 1 is 0.576 bits per heavy atom. The van der Waals surface area contributed by atoms with Crippen molar-refractivity contribution in [1.82, 2.24) is 4.98 Å². The third kappa shape index (κ3) is 7.70. The average Bonchev–Trinajstić information content (AvgIpc) is 3.69. The Labute approximate surface area is 344 Å². The Hall–Kier alpha value is -7.76. The maximum atomic E-state index is 6.39. The Morgan fingerprint density at radius 2 is 1.22 bits per heavy atom.